The van der Waals surface area contributed by atoms with E-state index in [0.717, 1.165) is 0 Å². The van der Waals surface area contributed by atoms with Crippen LogP contribution in [0, 0.1) is 12.7 Å². The van der Waals surface area contributed by atoms with Crippen LogP contribution >= 0.6 is 0 Å². The van der Waals surface area contributed by atoms with Crippen LogP contribution in [0.4, 0.5) is 10.1 Å². The SMILES string of the molecule is Cc1nc2ccc(NC(=O)c3ccncc3)cc2c(=O)n1-c1ccc(F)cc1. The van der Waals surface area contributed by atoms with Crippen LogP contribution in [0.2, 0.25) is 0 Å². The Morgan fingerprint density at radius 3 is 2.46 bits per heavy atom. The van der Waals surface area contributed by atoms with Gasteiger partial charge in [0.1, 0.15) is 11.6 Å². The molecule has 2 heterocycles. The molecular formula is C21H15FN4O2. The third-order valence-corrected chi connectivity index (χ3v) is 4.32. The molecule has 0 bridgehead atoms. The molecule has 1 amide bonds. The Kier molecular flexibility index (Phi) is 4.41. The molecule has 4 rings (SSSR count). The van der Waals surface area contributed by atoms with Gasteiger partial charge < -0.3 is 5.32 Å². The number of aryl methyl sites for hydroxylation is 1. The molecule has 1 N–H and O–H groups in total. The highest BCUT2D eigenvalue weighted by Crippen LogP contribution is 2.18. The molecule has 4 aromatic rings. The maximum absolute atomic E-state index is 13.2. The molecule has 0 radical (unpaired) electrons. The largest absolute Gasteiger partial charge is 0.322 e. The molecule has 2 aromatic heterocycles. The standard InChI is InChI=1S/C21H15FN4O2/c1-13-24-19-7-4-16(25-20(27)14-8-10-23-11-9-14)12-18(19)21(28)26(13)17-5-2-15(22)3-6-17/h2-12H,1H3,(H,25,27). The number of nitrogens with zero attached hydrogens (tertiary/aromatic N) is 3. The van der Waals surface area contributed by atoms with Crippen LogP contribution in [0.5, 0.6) is 0 Å². The van der Waals surface area contributed by atoms with Gasteiger partial charge in [0.25, 0.3) is 11.5 Å². The molecule has 138 valence electrons. The van der Waals surface area contributed by atoms with Crippen molar-refractivity contribution in [3.63, 3.8) is 0 Å². The number of nitrogens with one attached hydrogen (secondary N) is 1. The zero-order valence-corrected chi connectivity index (χ0v) is 14.9. The van der Waals surface area contributed by atoms with E-state index < -0.39 is 0 Å². The van der Waals surface area contributed by atoms with Crippen molar-refractivity contribution in [3.05, 3.63) is 94.5 Å². The first-order chi connectivity index (χ1) is 13.5. The van der Waals surface area contributed by atoms with Crippen molar-refractivity contribution in [2.24, 2.45) is 0 Å². The zero-order chi connectivity index (χ0) is 19.7. The number of aromatic nitrogens is 3. The summed E-state index contributed by atoms with van der Waals surface area (Å²) in [4.78, 5) is 33.7. The molecule has 7 heteroatoms. The number of fused-ring (bicyclic) bond motifs is 1. The highest BCUT2D eigenvalue weighted by atomic mass is 19.1. The fraction of sp³-hybridized carbons (Fsp3) is 0.0476. The average Bonchev–Trinajstić information content (AvgIpc) is 2.70. The Morgan fingerprint density at radius 2 is 1.75 bits per heavy atom. The minimum Gasteiger partial charge on any atom is -0.322 e. The van der Waals surface area contributed by atoms with E-state index in [1.165, 1.54) is 41.2 Å². The highest BCUT2D eigenvalue weighted by molar-refractivity contribution is 6.04. The van der Waals surface area contributed by atoms with E-state index in [2.05, 4.69) is 15.3 Å². The highest BCUT2D eigenvalue weighted by Gasteiger charge is 2.12. The molecular weight excluding hydrogens is 359 g/mol. The minimum atomic E-state index is -0.385. The number of carbonyl (C=O) groups excluding carboxylic acids is 1. The summed E-state index contributed by atoms with van der Waals surface area (Å²) in [7, 11) is 0. The van der Waals surface area contributed by atoms with E-state index in [0.29, 0.717) is 33.7 Å². The van der Waals surface area contributed by atoms with Gasteiger partial charge in [-0.2, -0.15) is 0 Å². The van der Waals surface area contributed by atoms with Crippen LogP contribution in [0.3, 0.4) is 0 Å². The Labute approximate surface area is 159 Å². The van der Waals surface area contributed by atoms with Gasteiger partial charge in [0.15, 0.2) is 0 Å². The second-order valence-corrected chi connectivity index (χ2v) is 6.20. The molecule has 0 spiro atoms. The van der Waals surface area contributed by atoms with Crippen molar-refractivity contribution >= 4 is 22.5 Å². The van der Waals surface area contributed by atoms with E-state index in [9.17, 15) is 14.0 Å². The number of hydrogen-bond acceptors (Lipinski definition) is 4. The topological polar surface area (TPSA) is 76.9 Å². The average molecular weight is 374 g/mol. The van der Waals surface area contributed by atoms with Gasteiger partial charge in [-0.05, 0) is 61.5 Å². The molecule has 0 saturated heterocycles. The summed E-state index contributed by atoms with van der Waals surface area (Å²) in [6.07, 6.45) is 3.06. The van der Waals surface area contributed by atoms with Crippen molar-refractivity contribution in [1.82, 2.24) is 14.5 Å². The van der Waals surface area contributed by atoms with Crippen molar-refractivity contribution in [2.75, 3.05) is 5.32 Å². The molecule has 0 aliphatic carbocycles. The molecule has 0 atom stereocenters. The van der Waals surface area contributed by atoms with Gasteiger partial charge in [0.05, 0.1) is 16.6 Å². The monoisotopic (exact) mass is 374 g/mol. The first kappa shape index (κ1) is 17.5. The van der Waals surface area contributed by atoms with Crippen LogP contribution < -0.4 is 10.9 Å². The van der Waals surface area contributed by atoms with Gasteiger partial charge in [0, 0.05) is 23.6 Å². The van der Waals surface area contributed by atoms with Gasteiger partial charge in [-0.15, -0.1) is 0 Å². The maximum atomic E-state index is 13.2. The van der Waals surface area contributed by atoms with Crippen molar-refractivity contribution in [2.45, 2.75) is 6.92 Å². The lowest BCUT2D eigenvalue weighted by Gasteiger charge is -2.12. The first-order valence-electron chi connectivity index (χ1n) is 8.54. The lowest BCUT2D eigenvalue weighted by atomic mass is 10.2. The third-order valence-electron chi connectivity index (χ3n) is 4.32. The number of anilines is 1. The number of halogens is 1. The number of pyridine rings is 1. The molecule has 6 nitrogen and oxygen atoms in total. The van der Waals surface area contributed by atoms with Crippen LogP contribution in [-0.2, 0) is 0 Å². The molecule has 0 unspecified atom stereocenters. The molecule has 0 aliphatic heterocycles. The van der Waals surface area contributed by atoms with Gasteiger partial charge in [-0.3, -0.25) is 19.1 Å². The van der Waals surface area contributed by atoms with Gasteiger partial charge in [-0.1, -0.05) is 0 Å². The van der Waals surface area contributed by atoms with E-state index in [-0.39, 0.29) is 17.3 Å². The summed E-state index contributed by atoms with van der Waals surface area (Å²) in [5.41, 5.74) is 1.67. The fourth-order valence-corrected chi connectivity index (χ4v) is 2.98. The van der Waals surface area contributed by atoms with E-state index in [1.807, 2.05) is 0 Å². The quantitative estimate of drug-likeness (QED) is 0.596. The Balaban J connectivity index is 1.77. The van der Waals surface area contributed by atoms with Crippen LogP contribution in [0.1, 0.15) is 16.2 Å². The molecule has 0 fully saturated rings. The summed E-state index contributed by atoms with van der Waals surface area (Å²) < 4.78 is 14.6. The summed E-state index contributed by atoms with van der Waals surface area (Å²) in [5, 5.41) is 3.12. The summed E-state index contributed by atoms with van der Waals surface area (Å²) >= 11 is 0. The van der Waals surface area contributed by atoms with Crippen molar-refractivity contribution < 1.29 is 9.18 Å². The lowest BCUT2D eigenvalue weighted by molar-refractivity contribution is 0.102. The van der Waals surface area contributed by atoms with E-state index >= 15 is 0 Å². The van der Waals surface area contributed by atoms with Crippen LogP contribution in [-0.4, -0.2) is 20.4 Å². The Morgan fingerprint density at radius 1 is 1.04 bits per heavy atom. The fourth-order valence-electron chi connectivity index (χ4n) is 2.98. The molecule has 0 aliphatic rings. The van der Waals surface area contributed by atoms with Crippen LogP contribution in [0.25, 0.3) is 16.6 Å². The van der Waals surface area contributed by atoms with Gasteiger partial charge in [0.2, 0.25) is 0 Å². The second-order valence-electron chi connectivity index (χ2n) is 6.20. The van der Waals surface area contributed by atoms with Gasteiger partial charge in [-0.25, -0.2) is 9.37 Å². The summed E-state index contributed by atoms with van der Waals surface area (Å²) in [6.45, 7) is 1.71. The Bertz CT molecular complexity index is 1240. The predicted molar refractivity (Wildman–Crippen MR) is 104 cm³/mol. The predicted octanol–water partition coefficient (Wildman–Crippen LogP) is 3.48. The number of benzene rings is 2. The van der Waals surface area contributed by atoms with E-state index in [4.69, 9.17) is 0 Å². The second kappa shape index (κ2) is 7.03. The van der Waals surface area contributed by atoms with Crippen molar-refractivity contribution in [3.8, 4) is 5.69 Å². The lowest BCUT2D eigenvalue weighted by Crippen LogP contribution is -2.22. The zero-order valence-electron chi connectivity index (χ0n) is 14.9. The molecule has 2 aromatic carbocycles. The summed E-state index contributed by atoms with van der Waals surface area (Å²) in [6, 6.07) is 13.8. The smallest absolute Gasteiger partial charge is 0.266 e. The number of carbonyl (C=O) groups is 1. The molecule has 28 heavy (non-hydrogen) atoms. The van der Waals surface area contributed by atoms with E-state index in [1.54, 1.807) is 37.3 Å². The molecule has 0 saturated carbocycles. The summed E-state index contributed by atoms with van der Waals surface area (Å²) in [5.74, 6) is -0.206. The van der Waals surface area contributed by atoms with Gasteiger partial charge >= 0.3 is 0 Å². The van der Waals surface area contributed by atoms with Crippen molar-refractivity contribution in [1.29, 1.82) is 0 Å². The Hall–Kier alpha value is -3.87. The number of hydrogen-bond donors (Lipinski definition) is 1. The number of amides is 1. The third kappa shape index (κ3) is 3.25. The van der Waals surface area contributed by atoms with Crippen LogP contribution in [0.15, 0.2) is 71.8 Å². The minimum absolute atomic E-state index is 0.297. The maximum Gasteiger partial charge on any atom is 0.266 e. The first-order valence-corrected chi connectivity index (χ1v) is 8.54. The number of rotatable bonds is 3. The normalized spacial score (nSPS) is 10.8.